The molecule has 0 aliphatic heterocycles. The molecule has 0 bridgehead atoms. The minimum atomic E-state index is -1.29. The van der Waals surface area contributed by atoms with Gasteiger partial charge in [-0.15, -0.1) is 26.3 Å². The minimum absolute atomic E-state index is 0.0415. The number of carboxylic acids is 1. The average Bonchev–Trinajstić information content (AvgIpc) is 3.37. The van der Waals surface area contributed by atoms with Crippen LogP contribution in [0.25, 0.3) is 22.0 Å². The van der Waals surface area contributed by atoms with Crippen LogP contribution in [0.15, 0.2) is 18.2 Å². The van der Waals surface area contributed by atoms with E-state index in [-0.39, 0.29) is 16.4 Å². The summed E-state index contributed by atoms with van der Waals surface area (Å²) in [6.07, 6.45) is -2.17. The van der Waals surface area contributed by atoms with Crippen LogP contribution >= 0.6 is 22.9 Å². The number of thiazole rings is 1. The molecule has 1 aromatic carbocycles. The first-order valence-electron chi connectivity index (χ1n) is 9.80. The molecular formula is C21H19ClFN5O5S. The van der Waals surface area contributed by atoms with Crippen LogP contribution in [0.5, 0.6) is 0 Å². The predicted octanol–water partition coefficient (Wildman–Crippen LogP) is 4.82. The van der Waals surface area contributed by atoms with Crippen LogP contribution in [0.4, 0.5) is 9.18 Å². The summed E-state index contributed by atoms with van der Waals surface area (Å²) in [6.45, 7) is 5.63. The molecule has 10 nitrogen and oxygen atoms in total. The zero-order chi connectivity index (χ0) is 25.2. The highest BCUT2D eigenvalue weighted by atomic mass is 35.5. The molecule has 0 spiro atoms. The average molecular weight is 508 g/mol. The van der Waals surface area contributed by atoms with Crippen LogP contribution in [0, 0.1) is 29.5 Å². The highest BCUT2D eigenvalue weighted by Crippen LogP contribution is 2.35. The zero-order valence-electron chi connectivity index (χ0n) is 18.5. The summed E-state index contributed by atoms with van der Waals surface area (Å²) >= 11 is 7.17. The quantitative estimate of drug-likeness (QED) is 0.445. The van der Waals surface area contributed by atoms with E-state index in [2.05, 4.69) is 15.2 Å². The van der Waals surface area contributed by atoms with Gasteiger partial charge in [0.1, 0.15) is 29.2 Å². The number of aliphatic carboxylic acids is 1. The number of hydrogen-bond acceptors (Lipinski definition) is 9. The van der Waals surface area contributed by atoms with Crippen LogP contribution in [-0.4, -0.2) is 43.8 Å². The predicted molar refractivity (Wildman–Crippen MR) is 120 cm³/mol. The molecule has 1 atom stereocenters. The molecule has 178 valence electrons. The van der Waals surface area contributed by atoms with Crippen molar-refractivity contribution in [1.29, 1.82) is 5.26 Å². The monoisotopic (exact) mass is 507 g/mol. The third kappa shape index (κ3) is 5.32. The van der Waals surface area contributed by atoms with Gasteiger partial charge < -0.3 is 14.6 Å². The lowest BCUT2D eigenvalue weighted by atomic mass is 9.95. The molecule has 34 heavy (non-hydrogen) atoms. The van der Waals surface area contributed by atoms with Gasteiger partial charge in [-0.05, 0) is 45.9 Å². The Hall–Kier alpha value is -3.56. The smallest absolute Gasteiger partial charge is 0.481 e. The number of hydrogen-bond donors (Lipinski definition) is 1. The number of carboxylic acid groups (broad SMARTS) is 1. The van der Waals surface area contributed by atoms with Crippen molar-refractivity contribution in [1.82, 2.24) is 20.0 Å². The van der Waals surface area contributed by atoms with Crippen LogP contribution < -0.4 is 0 Å². The van der Waals surface area contributed by atoms with E-state index in [1.807, 2.05) is 6.07 Å². The van der Waals surface area contributed by atoms with E-state index in [0.29, 0.717) is 16.3 Å². The highest BCUT2D eigenvalue weighted by molar-refractivity contribution is 7.15. The van der Waals surface area contributed by atoms with Gasteiger partial charge in [0.25, 0.3) is 0 Å². The number of ether oxygens (including phenoxy) is 2. The van der Waals surface area contributed by atoms with Gasteiger partial charge >= 0.3 is 12.1 Å². The van der Waals surface area contributed by atoms with Crippen LogP contribution in [0.3, 0.4) is 0 Å². The fourth-order valence-electron chi connectivity index (χ4n) is 2.61. The van der Waals surface area contributed by atoms with Crippen molar-refractivity contribution in [2.75, 3.05) is 6.61 Å². The molecule has 0 saturated heterocycles. The molecule has 0 radical (unpaired) electrons. The highest BCUT2D eigenvalue weighted by Gasteiger charge is 2.30. The maximum Gasteiger partial charge on any atom is 0.510 e. The maximum absolute atomic E-state index is 13.5. The number of rotatable bonds is 7. The second-order valence-electron chi connectivity index (χ2n) is 7.83. The number of nitrogens with zero attached hydrogens (tertiary/aromatic N) is 5. The largest absolute Gasteiger partial charge is 0.510 e. The minimum Gasteiger partial charge on any atom is -0.481 e. The van der Waals surface area contributed by atoms with Gasteiger partial charge in [0, 0.05) is 10.4 Å². The van der Waals surface area contributed by atoms with Crippen LogP contribution in [0.2, 0.25) is 5.02 Å². The van der Waals surface area contributed by atoms with Gasteiger partial charge in [0.05, 0.1) is 10.4 Å². The zero-order valence-corrected chi connectivity index (χ0v) is 20.1. The number of nitriles is 1. The Bertz CT molecular complexity index is 1300. The molecular weight excluding hydrogens is 489 g/mol. The van der Waals surface area contributed by atoms with Gasteiger partial charge in [0.2, 0.25) is 6.23 Å². The lowest BCUT2D eigenvalue weighted by Crippen LogP contribution is -2.31. The molecule has 0 fully saturated rings. The Morgan fingerprint density at radius 3 is 2.68 bits per heavy atom. The summed E-state index contributed by atoms with van der Waals surface area (Å²) in [7, 11) is 0. The van der Waals surface area contributed by atoms with E-state index in [1.54, 1.807) is 13.0 Å². The lowest BCUT2D eigenvalue weighted by Gasteiger charge is -2.19. The third-order valence-corrected chi connectivity index (χ3v) is 5.95. The fraction of sp³-hybridized carbons (Fsp3) is 0.333. The van der Waals surface area contributed by atoms with Gasteiger partial charge in [0.15, 0.2) is 11.4 Å². The fourth-order valence-corrected chi connectivity index (χ4v) is 3.70. The van der Waals surface area contributed by atoms with Gasteiger partial charge in [-0.1, -0.05) is 11.6 Å². The second-order valence-corrected chi connectivity index (χ2v) is 9.44. The molecule has 0 amide bonds. The Morgan fingerprint density at radius 2 is 2.06 bits per heavy atom. The van der Waals surface area contributed by atoms with Gasteiger partial charge in [-0.2, -0.15) is 5.26 Å². The first-order valence-corrected chi connectivity index (χ1v) is 11.0. The van der Waals surface area contributed by atoms with Crippen molar-refractivity contribution in [3.05, 3.63) is 39.6 Å². The van der Waals surface area contributed by atoms with Crippen molar-refractivity contribution in [2.24, 2.45) is 5.41 Å². The van der Waals surface area contributed by atoms with E-state index < -0.39 is 36.2 Å². The molecule has 3 aromatic rings. The number of aromatic nitrogens is 4. The molecule has 0 aliphatic rings. The summed E-state index contributed by atoms with van der Waals surface area (Å²) in [5.41, 5.74) is -0.178. The molecule has 3 rings (SSSR count). The first kappa shape index (κ1) is 25.1. The molecule has 2 aromatic heterocycles. The summed E-state index contributed by atoms with van der Waals surface area (Å²) < 4.78 is 23.5. The van der Waals surface area contributed by atoms with E-state index in [0.717, 1.165) is 9.67 Å². The van der Waals surface area contributed by atoms with Crippen LogP contribution in [-0.2, 0) is 14.3 Å². The molecule has 13 heteroatoms. The molecule has 1 unspecified atom stereocenters. The van der Waals surface area contributed by atoms with Gasteiger partial charge in [-0.25, -0.2) is 14.2 Å². The standard InChI is InChI=1S/C21H19ClFN5O5S/c1-10-16(25-18(34-10)12-5-6-14(23)13(22)7-12)17-15(8-24)26-28(27-17)11(2)33-20(31)32-9-21(3,4)19(29)30/h5-7,11H,9H2,1-4H3,(H,29,30). The van der Waals surface area contributed by atoms with Crippen LogP contribution in [0.1, 0.15) is 37.6 Å². The van der Waals surface area contributed by atoms with E-state index in [9.17, 15) is 19.2 Å². The Morgan fingerprint density at radius 1 is 1.35 bits per heavy atom. The lowest BCUT2D eigenvalue weighted by molar-refractivity contribution is -0.149. The molecule has 0 saturated carbocycles. The molecule has 0 aliphatic carbocycles. The summed E-state index contributed by atoms with van der Waals surface area (Å²) in [5.74, 6) is -1.68. The topological polar surface area (TPSA) is 140 Å². The van der Waals surface area contributed by atoms with Crippen molar-refractivity contribution in [2.45, 2.75) is 33.9 Å². The SMILES string of the molecule is Cc1sc(-c2ccc(F)c(Cl)c2)nc1-c1nn(C(C)OC(=O)OCC(C)(C)C(=O)O)nc1C#N. The number of aryl methyl sites for hydroxylation is 1. The molecule has 1 N–H and O–H groups in total. The van der Waals surface area contributed by atoms with Gasteiger partial charge in [-0.3, -0.25) is 4.79 Å². The summed E-state index contributed by atoms with van der Waals surface area (Å²) in [5, 5.41) is 27.4. The van der Waals surface area contributed by atoms with E-state index in [4.69, 9.17) is 26.2 Å². The Labute approximate surface area is 202 Å². The molecule has 2 heterocycles. The van der Waals surface area contributed by atoms with E-state index >= 15 is 0 Å². The van der Waals surface area contributed by atoms with Crippen molar-refractivity contribution < 1.29 is 28.6 Å². The van der Waals surface area contributed by atoms with E-state index in [1.165, 1.54) is 44.2 Å². The summed E-state index contributed by atoms with van der Waals surface area (Å²) in [6, 6.07) is 6.17. The van der Waals surface area contributed by atoms with Crippen molar-refractivity contribution in [3.63, 3.8) is 0 Å². The van der Waals surface area contributed by atoms with Crippen molar-refractivity contribution >= 4 is 35.1 Å². The number of carbonyl (C=O) groups excluding carboxylic acids is 1. The maximum atomic E-state index is 13.5. The number of carbonyl (C=O) groups is 2. The Kier molecular flexibility index (Phi) is 7.18. The normalized spacial score (nSPS) is 12.1. The Balaban J connectivity index is 1.81. The summed E-state index contributed by atoms with van der Waals surface area (Å²) in [4.78, 5) is 29.4. The number of halogens is 2. The van der Waals surface area contributed by atoms with Crippen molar-refractivity contribution in [3.8, 4) is 28.0 Å². The first-order chi connectivity index (χ1) is 15.9. The number of benzene rings is 1. The third-order valence-electron chi connectivity index (χ3n) is 4.64. The second kappa shape index (κ2) is 9.74.